The number of aromatic hydroxyl groups is 1. The number of carbonyl (C=O) groups excluding carboxylic acids is 2. The topological polar surface area (TPSA) is 107 Å². The summed E-state index contributed by atoms with van der Waals surface area (Å²) in [6.45, 7) is 11.1. The minimum absolute atomic E-state index is 0.0146. The molecule has 0 aliphatic rings. The molecule has 8 nitrogen and oxygen atoms in total. The number of pyridine rings is 1. The molecule has 1 rings (SSSR count). The van der Waals surface area contributed by atoms with E-state index < -0.39 is 29.8 Å². The van der Waals surface area contributed by atoms with Crippen molar-refractivity contribution in [2.24, 2.45) is 5.92 Å². The monoisotopic (exact) mass is 380 g/mol. The van der Waals surface area contributed by atoms with Gasteiger partial charge in [-0.3, -0.25) is 4.79 Å². The number of nitrogens with one attached hydrogen (secondary N) is 1. The van der Waals surface area contributed by atoms with Gasteiger partial charge in [0.25, 0.3) is 5.91 Å². The van der Waals surface area contributed by atoms with Crippen LogP contribution >= 0.6 is 0 Å². The van der Waals surface area contributed by atoms with Crippen LogP contribution in [-0.2, 0) is 14.3 Å². The molecule has 1 aromatic rings. The summed E-state index contributed by atoms with van der Waals surface area (Å²) < 4.78 is 16.0. The molecule has 0 aliphatic heterocycles. The molecular formula is C19H28N2O6. The number of ether oxygens (including phenoxy) is 3. The number of carbonyl (C=O) groups is 2. The highest BCUT2D eigenvalue weighted by atomic mass is 16.6. The van der Waals surface area contributed by atoms with E-state index in [2.05, 4.69) is 16.9 Å². The molecule has 1 unspecified atom stereocenters. The lowest BCUT2D eigenvalue weighted by Crippen LogP contribution is -2.44. The zero-order valence-corrected chi connectivity index (χ0v) is 16.4. The second-order valence-electron chi connectivity index (χ2n) is 6.38. The van der Waals surface area contributed by atoms with Crippen LogP contribution < -0.4 is 10.1 Å². The van der Waals surface area contributed by atoms with Gasteiger partial charge in [-0.25, -0.2) is 9.78 Å². The molecule has 2 N–H and O–H groups in total. The lowest BCUT2D eigenvalue weighted by atomic mass is 10.0. The van der Waals surface area contributed by atoms with Crippen LogP contribution in [0.25, 0.3) is 0 Å². The molecule has 0 radical (unpaired) electrons. The van der Waals surface area contributed by atoms with E-state index in [1.54, 1.807) is 6.08 Å². The van der Waals surface area contributed by atoms with E-state index >= 15 is 0 Å². The lowest BCUT2D eigenvalue weighted by molar-refractivity contribution is -0.162. The van der Waals surface area contributed by atoms with E-state index in [9.17, 15) is 14.7 Å². The normalized spacial score (nSPS) is 14.1. The van der Waals surface area contributed by atoms with Gasteiger partial charge in [0.2, 0.25) is 0 Å². The molecule has 3 atom stereocenters. The summed E-state index contributed by atoms with van der Waals surface area (Å²) in [5.41, 5.74) is -0.239. The number of aromatic nitrogens is 1. The van der Waals surface area contributed by atoms with Gasteiger partial charge < -0.3 is 24.6 Å². The fraction of sp³-hybridized carbons (Fsp3) is 0.526. The third-order valence-corrected chi connectivity index (χ3v) is 3.87. The smallest absolute Gasteiger partial charge is 0.328 e. The molecule has 150 valence electrons. The van der Waals surface area contributed by atoms with Crippen LogP contribution in [0.3, 0.4) is 0 Å². The van der Waals surface area contributed by atoms with Crippen molar-refractivity contribution in [3.63, 3.8) is 0 Å². The molecular weight excluding hydrogens is 352 g/mol. The highest BCUT2D eigenvalue weighted by Gasteiger charge is 2.29. The van der Waals surface area contributed by atoms with Crippen LogP contribution in [0.2, 0.25) is 0 Å². The Bertz CT molecular complexity index is 662. The van der Waals surface area contributed by atoms with Gasteiger partial charge in [0.1, 0.15) is 12.1 Å². The fourth-order valence-electron chi connectivity index (χ4n) is 2.42. The average molecular weight is 380 g/mol. The number of esters is 1. The summed E-state index contributed by atoms with van der Waals surface area (Å²) in [4.78, 5) is 28.5. The minimum atomic E-state index is -0.947. The standard InChI is InChI=1S/C19H28N2O6/c1-7-10-26-13(5)17(11(2)3)27-19(24)12(4)21-18(23)15-16(22)14(25-6)8-9-20-15/h7-9,11-13,17,22H,1,10H2,2-6H3,(H,21,23)/t12-,13-,17?/m0/s1. The predicted octanol–water partition coefficient (Wildman–Crippen LogP) is 2.07. The molecule has 0 fully saturated rings. The van der Waals surface area contributed by atoms with E-state index in [1.807, 2.05) is 20.8 Å². The minimum Gasteiger partial charge on any atom is -0.503 e. The van der Waals surface area contributed by atoms with Crippen LogP contribution in [0.15, 0.2) is 24.9 Å². The summed E-state index contributed by atoms with van der Waals surface area (Å²) in [6.07, 6.45) is 2.12. The Morgan fingerprint density at radius 3 is 2.56 bits per heavy atom. The van der Waals surface area contributed by atoms with Crippen molar-refractivity contribution < 1.29 is 28.9 Å². The van der Waals surface area contributed by atoms with Crippen LogP contribution in [0.4, 0.5) is 0 Å². The van der Waals surface area contributed by atoms with Gasteiger partial charge in [-0.1, -0.05) is 19.9 Å². The number of hydrogen-bond donors (Lipinski definition) is 2. The third kappa shape index (κ3) is 6.25. The SMILES string of the molecule is C=CCO[C@@H](C)C(OC(=O)[C@H](C)NC(=O)c1nccc(OC)c1O)C(C)C. The quantitative estimate of drug-likeness (QED) is 0.473. The van der Waals surface area contributed by atoms with E-state index in [4.69, 9.17) is 14.2 Å². The van der Waals surface area contributed by atoms with Crippen molar-refractivity contribution in [3.8, 4) is 11.5 Å². The molecule has 0 bridgehead atoms. The average Bonchev–Trinajstić information content (AvgIpc) is 2.63. The first-order chi connectivity index (χ1) is 12.7. The zero-order valence-electron chi connectivity index (χ0n) is 16.4. The van der Waals surface area contributed by atoms with E-state index in [0.717, 1.165) is 0 Å². The maximum absolute atomic E-state index is 12.4. The second kappa shape index (κ2) is 10.5. The Morgan fingerprint density at radius 2 is 2.00 bits per heavy atom. The molecule has 1 aromatic heterocycles. The zero-order chi connectivity index (χ0) is 20.6. The summed E-state index contributed by atoms with van der Waals surface area (Å²) in [5.74, 6) is -1.60. The van der Waals surface area contributed by atoms with Crippen molar-refractivity contribution in [2.45, 2.75) is 45.9 Å². The van der Waals surface area contributed by atoms with Crippen LogP contribution in [0.5, 0.6) is 11.5 Å². The van der Waals surface area contributed by atoms with Gasteiger partial charge in [-0.15, -0.1) is 6.58 Å². The van der Waals surface area contributed by atoms with Crippen molar-refractivity contribution in [2.75, 3.05) is 13.7 Å². The maximum Gasteiger partial charge on any atom is 0.328 e. The Kier molecular flexibility index (Phi) is 8.74. The number of hydrogen-bond acceptors (Lipinski definition) is 7. The summed E-state index contributed by atoms with van der Waals surface area (Å²) in [5, 5.41) is 12.5. The summed E-state index contributed by atoms with van der Waals surface area (Å²) in [6, 6.07) is 0.472. The van der Waals surface area contributed by atoms with Crippen molar-refractivity contribution in [1.29, 1.82) is 0 Å². The van der Waals surface area contributed by atoms with E-state index in [-0.39, 0.29) is 23.5 Å². The van der Waals surface area contributed by atoms with Crippen molar-refractivity contribution in [3.05, 3.63) is 30.6 Å². The predicted molar refractivity (Wildman–Crippen MR) is 99.7 cm³/mol. The number of amides is 1. The molecule has 1 amide bonds. The molecule has 0 aromatic carbocycles. The first-order valence-electron chi connectivity index (χ1n) is 8.68. The highest BCUT2D eigenvalue weighted by Crippen LogP contribution is 2.27. The molecule has 0 saturated heterocycles. The Balaban J connectivity index is 2.77. The van der Waals surface area contributed by atoms with Gasteiger partial charge in [0.15, 0.2) is 17.2 Å². The van der Waals surface area contributed by atoms with E-state index in [0.29, 0.717) is 6.61 Å². The van der Waals surface area contributed by atoms with Gasteiger partial charge in [-0.2, -0.15) is 0 Å². The van der Waals surface area contributed by atoms with E-state index in [1.165, 1.54) is 26.3 Å². The highest BCUT2D eigenvalue weighted by molar-refractivity contribution is 5.97. The van der Waals surface area contributed by atoms with Crippen molar-refractivity contribution >= 4 is 11.9 Å². The number of rotatable bonds is 10. The molecule has 27 heavy (non-hydrogen) atoms. The van der Waals surface area contributed by atoms with Crippen LogP contribution in [0, 0.1) is 5.92 Å². The largest absolute Gasteiger partial charge is 0.503 e. The molecule has 0 aliphatic carbocycles. The number of nitrogens with zero attached hydrogens (tertiary/aromatic N) is 1. The number of methoxy groups -OCH3 is 1. The van der Waals surface area contributed by atoms with Gasteiger partial charge in [0.05, 0.1) is 19.8 Å². The van der Waals surface area contributed by atoms with Gasteiger partial charge in [-0.05, 0) is 19.8 Å². The second-order valence-corrected chi connectivity index (χ2v) is 6.38. The summed E-state index contributed by atoms with van der Waals surface area (Å²) >= 11 is 0. The fourth-order valence-corrected chi connectivity index (χ4v) is 2.42. The first kappa shape index (κ1) is 22.4. The van der Waals surface area contributed by atoms with Gasteiger partial charge >= 0.3 is 5.97 Å². The molecule has 8 heteroatoms. The first-order valence-corrected chi connectivity index (χ1v) is 8.68. The maximum atomic E-state index is 12.4. The third-order valence-electron chi connectivity index (χ3n) is 3.87. The van der Waals surface area contributed by atoms with Crippen molar-refractivity contribution in [1.82, 2.24) is 10.3 Å². The molecule has 0 saturated carbocycles. The van der Waals surface area contributed by atoms with Gasteiger partial charge in [0, 0.05) is 12.3 Å². The Labute approximate surface area is 159 Å². The van der Waals surface area contributed by atoms with Crippen LogP contribution in [0.1, 0.15) is 38.2 Å². The Morgan fingerprint density at radius 1 is 1.33 bits per heavy atom. The molecule has 0 spiro atoms. The summed E-state index contributed by atoms with van der Waals surface area (Å²) in [7, 11) is 1.36. The lowest BCUT2D eigenvalue weighted by Gasteiger charge is -2.28. The molecule has 1 heterocycles. The Hall–Kier alpha value is -2.61. The van der Waals surface area contributed by atoms with Crippen LogP contribution in [-0.4, -0.2) is 53.9 Å².